The van der Waals surface area contributed by atoms with Crippen molar-refractivity contribution in [1.82, 2.24) is 0 Å². The van der Waals surface area contributed by atoms with Gasteiger partial charge in [0.1, 0.15) is 11.5 Å². The van der Waals surface area contributed by atoms with Gasteiger partial charge < -0.3 is 9.52 Å². The Kier molecular flexibility index (Phi) is 2.87. The van der Waals surface area contributed by atoms with E-state index in [0.717, 1.165) is 35.5 Å². The van der Waals surface area contributed by atoms with Gasteiger partial charge in [-0.1, -0.05) is 12.8 Å². The van der Waals surface area contributed by atoms with Crippen molar-refractivity contribution >= 4 is 0 Å². The summed E-state index contributed by atoms with van der Waals surface area (Å²) in [6.45, 7) is 5.96. The van der Waals surface area contributed by atoms with E-state index in [4.69, 9.17) is 4.42 Å². The van der Waals surface area contributed by atoms with Crippen LogP contribution in [-0.2, 0) is 0 Å². The van der Waals surface area contributed by atoms with Gasteiger partial charge in [-0.05, 0) is 45.1 Å². The third-order valence-corrected chi connectivity index (χ3v) is 3.76. The average Bonchev–Trinajstić information content (AvgIpc) is 2.76. The van der Waals surface area contributed by atoms with Crippen LogP contribution in [0.4, 0.5) is 0 Å². The lowest BCUT2D eigenvalue weighted by Crippen LogP contribution is -2.10. The highest BCUT2D eigenvalue weighted by molar-refractivity contribution is 5.33. The Hall–Kier alpha value is -0.760. The Morgan fingerprint density at radius 1 is 1.13 bits per heavy atom. The number of aliphatic hydroxyl groups is 1. The lowest BCUT2D eigenvalue weighted by atomic mass is 9.92. The summed E-state index contributed by atoms with van der Waals surface area (Å²) in [5.41, 5.74) is 2.17. The third kappa shape index (κ3) is 1.83. The number of aryl methyl sites for hydroxylation is 2. The summed E-state index contributed by atoms with van der Waals surface area (Å²) in [6, 6.07) is 0. The first-order chi connectivity index (χ1) is 7.11. The Labute approximate surface area is 91.3 Å². The maximum absolute atomic E-state index is 10.3. The second kappa shape index (κ2) is 4.01. The van der Waals surface area contributed by atoms with Crippen LogP contribution in [0, 0.1) is 26.7 Å². The molecule has 0 saturated heterocycles. The Morgan fingerprint density at radius 3 is 2.20 bits per heavy atom. The molecule has 0 aromatic carbocycles. The van der Waals surface area contributed by atoms with Crippen LogP contribution >= 0.6 is 0 Å². The molecule has 0 spiro atoms. The summed E-state index contributed by atoms with van der Waals surface area (Å²) in [4.78, 5) is 0. The number of furan rings is 1. The molecule has 1 heterocycles. The lowest BCUT2D eigenvalue weighted by molar-refractivity contribution is 0.109. The van der Waals surface area contributed by atoms with E-state index in [-0.39, 0.29) is 6.10 Å². The van der Waals surface area contributed by atoms with Crippen LogP contribution in [0.2, 0.25) is 0 Å². The minimum Gasteiger partial charge on any atom is -0.466 e. The minimum atomic E-state index is -0.315. The highest BCUT2D eigenvalue weighted by Crippen LogP contribution is 2.39. The van der Waals surface area contributed by atoms with Crippen molar-refractivity contribution < 1.29 is 9.52 Å². The zero-order valence-electron chi connectivity index (χ0n) is 9.84. The molecule has 0 bridgehead atoms. The number of hydrogen-bond donors (Lipinski definition) is 1. The molecule has 2 nitrogen and oxygen atoms in total. The molecule has 1 saturated carbocycles. The molecule has 2 rings (SSSR count). The van der Waals surface area contributed by atoms with Crippen molar-refractivity contribution in [3.05, 3.63) is 22.6 Å². The zero-order chi connectivity index (χ0) is 11.0. The Morgan fingerprint density at radius 2 is 1.73 bits per heavy atom. The van der Waals surface area contributed by atoms with Crippen molar-refractivity contribution in [3.63, 3.8) is 0 Å². The van der Waals surface area contributed by atoms with E-state index in [1.807, 2.05) is 20.8 Å². The summed E-state index contributed by atoms with van der Waals surface area (Å²) in [6.07, 6.45) is 4.52. The predicted octanol–water partition coefficient (Wildman–Crippen LogP) is 3.43. The molecular weight excluding hydrogens is 188 g/mol. The van der Waals surface area contributed by atoms with Crippen LogP contribution in [0.1, 0.15) is 54.4 Å². The molecule has 1 aliphatic carbocycles. The van der Waals surface area contributed by atoms with Gasteiger partial charge >= 0.3 is 0 Å². The van der Waals surface area contributed by atoms with Crippen LogP contribution in [0.5, 0.6) is 0 Å². The summed E-state index contributed by atoms with van der Waals surface area (Å²) in [5.74, 6) is 2.28. The van der Waals surface area contributed by atoms with Crippen molar-refractivity contribution in [2.75, 3.05) is 0 Å². The van der Waals surface area contributed by atoms with E-state index in [9.17, 15) is 5.11 Å². The number of rotatable bonds is 2. The fraction of sp³-hybridized carbons (Fsp3) is 0.692. The largest absolute Gasteiger partial charge is 0.466 e. The van der Waals surface area contributed by atoms with Gasteiger partial charge in [-0.25, -0.2) is 0 Å². The molecule has 1 aromatic heterocycles. The maximum Gasteiger partial charge on any atom is 0.107 e. The maximum atomic E-state index is 10.3. The summed E-state index contributed by atoms with van der Waals surface area (Å²) < 4.78 is 5.57. The van der Waals surface area contributed by atoms with Gasteiger partial charge in [0.05, 0.1) is 6.10 Å². The fourth-order valence-corrected chi connectivity index (χ4v) is 2.75. The Bertz CT molecular complexity index is 346. The highest BCUT2D eigenvalue weighted by atomic mass is 16.3. The van der Waals surface area contributed by atoms with Gasteiger partial charge in [-0.3, -0.25) is 0 Å². The topological polar surface area (TPSA) is 33.4 Å². The molecule has 1 unspecified atom stereocenters. The van der Waals surface area contributed by atoms with E-state index in [0.29, 0.717) is 5.92 Å². The SMILES string of the molecule is Cc1oc(C)c(C(O)C2CCCC2)c1C. The van der Waals surface area contributed by atoms with Crippen LogP contribution in [-0.4, -0.2) is 5.11 Å². The van der Waals surface area contributed by atoms with Crippen molar-refractivity contribution in [3.8, 4) is 0 Å². The van der Waals surface area contributed by atoms with Crippen LogP contribution in [0.3, 0.4) is 0 Å². The summed E-state index contributed by atoms with van der Waals surface area (Å²) in [5, 5.41) is 10.3. The van der Waals surface area contributed by atoms with Crippen LogP contribution in [0.15, 0.2) is 4.42 Å². The molecule has 0 aliphatic heterocycles. The first kappa shape index (κ1) is 10.7. The second-order valence-electron chi connectivity index (χ2n) is 4.74. The van der Waals surface area contributed by atoms with Gasteiger partial charge in [0, 0.05) is 5.56 Å². The quantitative estimate of drug-likeness (QED) is 0.807. The molecule has 1 atom stereocenters. The van der Waals surface area contributed by atoms with Gasteiger partial charge in [0.2, 0.25) is 0 Å². The van der Waals surface area contributed by atoms with E-state index >= 15 is 0 Å². The first-order valence-electron chi connectivity index (χ1n) is 5.85. The lowest BCUT2D eigenvalue weighted by Gasteiger charge is -2.18. The average molecular weight is 208 g/mol. The molecule has 84 valence electrons. The summed E-state index contributed by atoms with van der Waals surface area (Å²) in [7, 11) is 0. The van der Waals surface area contributed by atoms with Gasteiger partial charge in [-0.15, -0.1) is 0 Å². The molecule has 1 aromatic rings. The molecule has 1 fully saturated rings. The Balaban J connectivity index is 2.27. The molecular formula is C13H20O2. The zero-order valence-corrected chi connectivity index (χ0v) is 9.84. The highest BCUT2D eigenvalue weighted by Gasteiger charge is 2.28. The monoisotopic (exact) mass is 208 g/mol. The van der Waals surface area contributed by atoms with Gasteiger partial charge in [0.25, 0.3) is 0 Å². The van der Waals surface area contributed by atoms with Crippen molar-refractivity contribution in [2.45, 2.75) is 52.6 Å². The summed E-state index contributed by atoms with van der Waals surface area (Å²) >= 11 is 0. The van der Waals surface area contributed by atoms with Crippen molar-refractivity contribution in [1.29, 1.82) is 0 Å². The molecule has 15 heavy (non-hydrogen) atoms. The molecule has 0 radical (unpaired) electrons. The molecule has 2 heteroatoms. The van der Waals surface area contributed by atoms with E-state index < -0.39 is 0 Å². The first-order valence-corrected chi connectivity index (χ1v) is 5.85. The molecule has 0 amide bonds. The van der Waals surface area contributed by atoms with Gasteiger partial charge in [-0.2, -0.15) is 0 Å². The van der Waals surface area contributed by atoms with E-state index in [1.165, 1.54) is 12.8 Å². The molecule has 1 aliphatic rings. The minimum absolute atomic E-state index is 0.315. The van der Waals surface area contributed by atoms with Crippen LogP contribution < -0.4 is 0 Å². The van der Waals surface area contributed by atoms with E-state index in [1.54, 1.807) is 0 Å². The molecule has 1 N–H and O–H groups in total. The standard InChI is InChI=1S/C13H20O2/c1-8-9(2)15-10(3)12(8)13(14)11-6-4-5-7-11/h11,13-14H,4-7H2,1-3H3. The smallest absolute Gasteiger partial charge is 0.107 e. The van der Waals surface area contributed by atoms with Crippen molar-refractivity contribution in [2.24, 2.45) is 5.92 Å². The number of aliphatic hydroxyl groups excluding tert-OH is 1. The third-order valence-electron chi connectivity index (χ3n) is 3.76. The van der Waals surface area contributed by atoms with E-state index in [2.05, 4.69) is 0 Å². The van der Waals surface area contributed by atoms with Gasteiger partial charge in [0.15, 0.2) is 0 Å². The van der Waals surface area contributed by atoms with Crippen LogP contribution in [0.25, 0.3) is 0 Å². The fourth-order valence-electron chi connectivity index (χ4n) is 2.75. The number of hydrogen-bond acceptors (Lipinski definition) is 2. The second-order valence-corrected chi connectivity index (χ2v) is 4.74. The predicted molar refractivity (Wildman–Crippen MR) is 59.8 cm³/mol. The normalized spacial score (nSPS) is 19.7.